The van der Waals surface area contributed by atoms with E-state index in [0.717, 1.165) is 0 Å². The largest absolute Gasteiger partial charge is 0.467 e. The quantitative estimate of drug-likeness (QED) is 0.724. The third-order valence-corrected chi connectivity index (χ3v) is 3.27. The van der Waals surface area contributed by atoms with Gasteiger partial charge >= 0.3 is 0 Å². The van der Waals surface area contributed by atoms with Crippen LogP contribution in [0.25, 0.3) is 0 Å². The average molecular weight is 316 g/mol. The molecule has 0 bridgehead atoms. The Morgan fingerprint density at radius 2 is 1.91 bits per heavy atom. The SMILES string of the molecule is CC(CC(=O)NCC(O)c1ccco1)NC(=O)c1ccccc1. The first-order valence-corrected chi connectivity index (χ1v) is 7.40. The van der Waals surface area contributed by atoms with E-state index in [1.165, 1.54) is 6.26 Å². The van der Waals surface area contributed by atoms with Crippen molar-refractivity contribution in [1.29, 1.82) is 0 Å². The number of nitrogens with one attached hydrogen (secondary N) is 2. The van der Waals surface area contributed by atoms with Crippen LogP contribution < -0.4 is 10.6 Å². The van der Waals surface area contributed by atoms with Crippen LogP contribution in [0.2, 0.25) is 0 Å². The first-order valence-electron chi connectivity index (χ1n) is 7.40. The second-order valence-electron chi connectivity index (χ2n) is 5.28. The molecular weight excluding hydrogens is 296 g/mol. The fourth-order valence-corrected chi connectivity index (χ4v) is 2.09. The molecule has 6 heteroatoms. The number of hydrogen-bond donors (Lipinski definition) is 3. The van der Waals surface area contributed by atoms with Crippen LogP contribution in [-0.2, 0) is 4.79 Å². The van der Waals surface area contributed by atoms with E-state index in [-0.39, 0.29) is 30.8 Å². The molecule has 3 N–H and O–H groups in total. The van der Waals surface area contributed by atoms with Crippen LogP contribution >= 0.6 is 0 Å². The van der Waals surface area contributed by atoms with E-state index >= 15 is 0 Å². The van der Waals surface area contributed by atoms with Gasteiger partial charge in [-0.05, 0) is 31.2 Å². The summed E-state index contributed by atoms with van der Waals surface area (Å²) in [7, 11) is 0. The van der Waals surface area contributed by atoms with Gasteiger partial charge in [0.2, 0.25) is 5.91 Å². The Kier molecular flexibility index (Phi) is 5.94. The molecule has 0 fully saturated rings. The van der Waals surface area contributed by atoms with Crippen molar-refractivity contribution in [3.8, 4) is 0 Å². The third kappa shape index (κ3) is 5.27. The number of amides is 2. The molecule has 0 spiro atoms. The van der Waals surface area contributed by atoms with Gasteiger partial charge in [-0.25, -0.2) is 0 Å². The maximum absolute atomic E-state index is 12.0. The van der Waals surface area contributed by atoms with Gasteiger partial charge in [0.15, 0.2) is 0 Å². The highest BCUT2D eigenvalue weighted by Crippen LogP contribution is 2.11. The molecule has 1 heterocycles. The second-order valence-corrected chi connectivity index (χ2v) is 5.28. The van der Waals surface area contributed by atoms with Crippen molar-refractivity contribution < 1.29 is 19.1 Å². The fraction of sp³-hybridized carbons (Fsp3) is 0.294. The van der Waals surface area contributed by atoms with E-state index in [1.54, 1.807) is 43.3 Å². The average Bonchev–Trinajstić information content (AvgIpc) is 3.07. The fourth-order valence-electron chi connectivity index (χ4n) is 2.09. The predicted molar refractivity (Wildman–Crippen MR) is 84.7 cm³/mol. The van der Waals surface area contributed by atoms with Crippen molar-refractivity contribution in [2.75, 3.05) is 6.54 Å². The summed E-state index contributed by atoms with van der Waals surface area (Å²) in [4.78, 5) is 23.8. The third-order valence-electron chi connectivity index (χ3n) is 3.27. The molecule has 0 saturated heterocycles. The van der Waals surface area contributed by atoms with Crippen LogP contribution in [0.1, 0.15) is 35.6 Å². The lowest BCUT2D eigenvalue weighted by atomic mass is 10.1. The molecule has 0 aliphatic heterocycles. The van der Waals surface area contributed by atoms with Crippen molar-refractivity contribution in [3.05, 3.63) is 60.1 Å². The number of furan rings is 1. The van der Waals surface area contributed by atoms with Crippen LogP contribution in [0.4, 0.5) is 0 Å². The second kappa shape index (κ2) is 8.14. The van der Waals surface area contributed by atoms with Crippen LogP contribution in [0.5, 0.6) is 0 Å². The normalized spacial score (nSPS) is 13.1. The van der Waals surface area contributed by atoms with Crippen LogP contribution in [-0.4, -0.2) is 29.5 Å². The lowest BCUT2D eigenvalue weighted by Gasteiger charge is -2.15. The lowest BCUT2D eigenvalue weighted by Crippen LogP contribution is -2.38. The smallest absolute Gasteiger partial charge is 0.251 e. The van der Waals surface area contributed by atoms with Gasteiger partial charge in [0.1, 0.15) is 11.9 Å². The van der Waals surface area contributed by atoms with Crippen molar-refractivity contribution in [2.45, 2.75) is 25.5 Å². The summed E-state index contributed by atoms with van der Waals surface area (Å²) in [6.45, 7) is 1.81. The molecule has 2 unspecified atom stereocenters. The summed E-state index contributed by atoms with van der Waals surface area (Å²) < 4.78 is 5.05. The highest BCUT2D eigenvalue weighted by Gasteiger charge is 2.15. The summed E-state index contributed by atoms with van der Waals surface area (Å²) in [5, 5.41) is 15.2. The molecule has 2 amide bonds. The van der Waals surface area contributed by atoms with E-state index in [0.29, 0.717) is 11.3 Å². The monoisotopic (exact) mass is 316 g/mol. The molecule has 0 aliphatic carbocycles. The van der Waals surface area contributed by atoms with Gasteiger partial charge < -0.3 is 20.2 Å². The van der Waals surface area contributed by atoms with E-state index in [9.17, 15) is 14.7 Å². The van der Waals surface area contributed by atoms with E-state index < -0.39 is 6.10 Å². The Morgan fingerprint density at radius 3 is 2.57 bits per heavy atom. The van der Waals surface area contributed by atoms with Crippen LogP contribution in [0.15, 0.2) is 53.1 Å². The Morgan fingerprint density at radius 1 is 1.17 bits per heavy atom. The van der Waals surface area contributed by atoms with Gasteiger partial charge in [0.25, 0.3) is 5.91 Å². The minimum atomic E-state index is -0.886. The summed E-state index contributed by atoms with van der Waals surface area (Å²) in [5.41, 5.74) is 0.549. The van der Waals surface area contributed by atoms with Gasteiger partial charge in [-0.3, -0.25) is 9.59 Å². The molecule has 1 aromatic carbocycles. The lowest BCUT2D eigenvalue weighted by molar-refractivity contribution is -0.121. The molecule has 0 aliphatic rings. The Balaban J connectivity index is 1.73. The number of carbonyl (C=O) groups is 2. The maximum Gasteiger partial charge on any atom is 0.251 e. The summed E-state index contributed by atoms with van der Waals surface area (Å²) >= 11 is 0. The first kappa shape index (κ1) is 16.8. The van der Waals surface area contributed by atoms with Crippen molar-refractivity contribution in [2.24, 2.45) is 0 Å². The molecule has 0 saturated carbocycles. The number of aliphatic hydroxyl groups excluding tert-OH is 1. The number of benzene rings is 1. The summed E-state index contributed by atoms with van der Waals surface area (Å²) in [6.07, 6.45) is 0.702. The number of rotatable bonds is 7. The van der Waals surface area contributed by atoms with Gasteiger partial charge in [-0.2, -0.15) is 0 Å². The van der Waals surface area contributed by atoms with E-state index in [2.05, 4.69) is 10.6 Å². The predicted octanol–water partition coefficient (Wildman–Crippen LogP) is 1.64. The number of hydrogen-bond acceptors (Lipinski definition) is 4. The van der Waals surface area contributed by atoms with Crippen LogP contribution in [0, 0.1) is 0 Å². The Hall–Kier alpha value is -2.60. The van der Waals surface area contributed by atoms with Gasteiger partial charge in [0.05, 0.1) is 12.8 Å². The number of carbonyl (C=O) groups excluding carboxylic acids is 2. The molecule has 0 radical (unpaired) electrons. The molecule has 2 rings (SSSR count). The van der Waals surface area contributed by atoms with Crippen LogP contribution in [0.3, 0.4) is 0 Å². The van der Waals surface area contributed by atoms with E-state index in [4.69, 9.17) is 4.42 Å². The summed E-state index contributed by atoms with van der Waals surface area (Å²) in [6, 6.07) is 11.8. The van der Waals surface area contributed by atoms with E-state index in [1.807, 2.05) is 6.07 Å². The Labute approximate surface area is 134 Å². The Bertz CT molecular complexity index is 625. The van der Waals surface area contributed by atoms with Gasteiger partial charge in [0, 0.05) is 18.0 Å². The van der Waals surface area contributed by atoms with Crippen molar-refractivity contribution >= 4 is 11.8 Å². The summed E-state index contributed by atoms with van der Waals surface area (Å²) in [5.74, 6) is -0.0753. The molecule has 122 valence electrons. The zero-order chi connectivity index (χ0) is 16.7. The zero-order valence-corrected chi connectivity index (χ0v) is 12.9. The zero-order valence-electron chi connectivity index (χ0n) is 12.9. The standard InChI is InChI=1S/C17H20N2O4/c1-12(19-17(22)13-6-3-2-4-7-13)10-16(21)18-11-14(20)15-8-5-9-23-15/h2-9,12,14,20H,10-11H2,1H3,(H,18,21)(H,19,22). The molecule has 6 nitrogen and oxygen atoms in total. The maximum atomic E-state index is 12.0. The molecule has 2 atom stereocenters. The highest BCUT2D eigenvalue weighted by molar-refractivity contribution is 5.94. The van der Waals surface area contributed by atoms with Crippen molar-refractivity contribution in [1.82, 2.24) is 10.6 Å². The molecule has 23 heavy (non-hydrogen) atoms. The van der Waals surface area contributed by atoms with Gasteiger partial charge in [-0.1, -0.05) is 18.2 Å². The minimum absolute atomic E-state index is 0.0612. The van der Waals surface area contributed by atoms with Crippen molar-refractivity contribution in [3.63, 3.8) is 0 Å². The molecular formula is C17H20N2O4. The first-order chi connectivity index (χ1) is 11.1. The highest BCUT2D eigenvalue weighted by atomic mass is 16.4. The topological polar surface area (TPSA) is 91.6 Å². The minimum Gasteiger partial charge on any atom is -0.467 e. The van der Waals surface area contributed by atoms with Gasteiger partial charge in [-0.15, -0.1) is 0 Å². The number of aliphatic hydroxyl groups is 1. The molecule has 1 aromatic heterocycles. The molecule has 2 aromatic rings.